The number of aromatic nitrogens is 1. The number of anilines is 1. The summed E-state index contributed by atoms with van der Waals surface area (Å²) < 4.78 is 11.1. The van der Waals surface area contributed by atoms with Crippen LogP contribution in [0.3, 0.4) is 0 Å². The zero-order valence-electron chi connectivity index (χ0n) is 12.4. The number of pyridine rings is 1. The van der Waals surface area contributed by atoms with Gasteiger partial charge >= 0.3 is 0 Å². The Hall–Kier alpha value is -1.66. The van der Waals surface area contributed by atoms with Gasteiger partial charge in [-0.2, -0.15) is 0 Å². The molecule has 1 saturated heterocycles. The van der Waals surface area contributed by atoms with Crippen molar-refractivity contribution in [1.29, 1.82) is 0 Å². The largest absolute Gasteiger partial charge is 0.476 e. The third kappa shape index (κ3) is 5.32. The molecule has 2 heterocycles. The molecule has 1 aromatic rings. The van der Waals surface area contributed by atoms with E-state index in [1.54, 1.807) is 18.3 Å². The molecule has 2 N–H and O–H groups in total. The lowest BCUT2D eigenvalue weighted by Crippen LogP contribution is -2.33. The predicted molar refractivity (Wildman–Crippen MR) is 80.5 cm³/mol. The number of nitrogens with one attached hydrogen (secondary N) is 2. The van der Waals surface area contributed by atoms with Gasteiger partial charge in [0, 0.05) is 6.20 Å². The Kier molecular flexibility index (Phi) is 6.43. The number of carbonyl (C=O) groups excluding carboxylic acids is 1. The van der Waals surface area contributed by atoms with E-state index in [0.717, 1.165) is 25.9 Å². The molecule has 0 aliphatic carbocycles. The minimum atomic E-state index is -0.0853. The van der Waals surface area contributed by atoms with Crippen molar-refractivity contribution < 1.29 is 14.3 Å². The van der Waals surface area contributed by atoms with Crippen molar-refractivity contribution in [2.45, 2.75) is 32.3 Å². The van der Waals surface area contributed by atoms with Gasteiger partial charge in [-0.25, -0.2) is 4.98 Å². The van der Waals surface area contributed by atoms with Crippen LogP contribution in [0, 0.1) is 0 Å². The normalized spacial score (nSPS) is 15.7. The minimum Gasteiger partial charge on any atom is -0.476 e. The fraction of sp³-hybridized carbons (Fsp3) is 0.600. The van der Waals surface area contributed by atoms with E-state index in [0.29, 0.717) is 31.2 Å². The van der Waals surface area contributed by atoms with Gasteiger partial charge in [0.1, 0.15) is 5.69 Å². The summed E-state index contributed by atoms with van der Waals surface area (Å²) in [6, 6.07) is 3.55. The van der Waals surface area contributed by atoms with Crippen LogP contribution in [0.4, 0.5) is 5.69 Å². The third-order valence-electron chi connectivity index (χ3n) is 3.30. The lowest BCUT2D eigenvalue weighted by atomic mass is 10.1. The van der Waals surface area contributed by atoms with Crippen LogP contribution >= 0.6 is 0 Å². The standard InChI is InChI=1S/C15H23N3O3/c1-2-20-15-13(4-3-8-17-15)18-14(19)7-11-21-12-5-9-16-10-6-12/h3-4,8,12,16H,2,5-7,9-11H2,1H3,(H,18,19). The second-order valence-electron chi connectivity index (χ2n) is 4.91. The maximum Gasteiger partial charge on any atom is 0.237 e. The molecule has 1 amide bonds. The highest BCUT2D eigenvalue weighted by Gasteiger charge is 2.14. The highest BCUT2D eigenvalue weighted by Crippen LogP contribution is 2.20. The van der Waals surface area contributed by atoms with Crippen molar-refractivity contribution in [2.24, 2.45) is 0 Å². The van der Waals surface area contributed by atoms with E-state index in [2.05, 4.69) is 15.6 Å². The zero-order chi connectivity index (χ0) is 14.9. The second-order valence-corrected chi connectivity index (χ2v) is 4.91. The molecule has 0 bridgehead atoms. The fourth-order valence-electron chi connectivity index (χ4n) is 2.23. The zero-order valence-corrected chi connectivity index (χ0v) is 12.4. The molecule has 0 atom stereocenters. The topological polar surface area (TPSA) is 72.5 Å². The first-order valence-corrected chi connectivity index (χ1v) is 7.49. The summed E-state index contributed by atoms with van der Waals surface area (Å²) in [5.74, 6) is 0.366. The Morgan fingerprint density at radius 2 is 2.29 bits per heavy atom. The Bertz CT molecular complexity index is 448. The van der Waals surface area contributed by atoms with Gasteiger partial charge in [0.25, 0.3) is 0 Å². The average molecular weight is 293 g/mol. The van der Waals surface area contributed by atoms with Gasteiger partial charge in [0.05, 0.1) is 25.7 Å². The number of ether oxygens (including phenoxy) is 2. The molecule has 0 saturated carbocycles. The van der Waals surface area contributed by atoms with Crippen LogP contribution in [0.15, 0.2) is 18.3 Å². The predicted octanol–water partition coefficient (Wildman–Crippen LogP) is 1.58. The summed E-state index contributed by atoms with van der Waals surface area (Å²) in [7, 11) is 0. The van der Waals surface area contributed by atoms with E-state index in [1.165, 1.54) is 0 Å². The van der Waals surface area contributed by atoms with Gasteiger partial charge in [-0.15, -0.1) is 0 Å². The summed E-state index contributed by atoms with van der Waals surface area (Å²) in [6.07, 6.45) is 4.28. The number of piperidine rings is 1. The van der Waals surface area contributed by atoms with Gasteiger partial charge in [-0.1, -0.05) is 0 Å². The summed E-state index contributed by atoms with van der Waals surface area (Å²) in [5.41, 5.74) is 0.603. The van der Waals surface area contributed by atoms with E-state index in [1.807, 2.05) is 6.92 Å². The summed E-state index contributed by atoms with van der Waals surface area (Å²) in [6.45, 7) is 4.82. The number of hydrogen-bond acceptors (Lipinski definition) is 5. The fourth-order valence-corrected chi connectivity index (χ4v) is 2.23. The molecule has 0 aromatic carbocycles. The molecule has 1 aliphatic rings. The Morgan fingerprint density at radius 1 is 1.48 bits per heavy atom. The van der Waals surface area contributed by atoms with Crippen LogP contribution < -0.4 is 15.4 Å². The van der Waals surface area contributed by atoms with E-state index in [-0.39, 0.29) is 12.0 Å². The SMILES string of the molecule is CCOc1ncccc1NC(=O)CCOC1CCNCC1. The first kappa shape index (κ1) is 15.7. The van der Waals surface area contributed by atoms with Crippen LogP contribution in [0.1, 0.15) is 26.2 Å². The Balaban J connectivity index is 1.73. The van der Waals surface area contributed by atoms with Crippen LogP contribution in [0.5, 0.6) is 5.88 Å². The smallest absolute Gasteiger partial charge is 0.237 e. The van der Waals surface area contributed by atoms with Gasteiger partial charge in [-0.3, -0.25) is 4.79 Å². The summed E-state index contributed by atoms with van der Waals surface area (Å²) in [5, 5.41) is 6.10. The molecule has 1 fully saturated rings. The molecule has 0 spiro atoms. The molecule has 0 radical (unpaired) electrons. The highest BCUT2D eigenvalue weighted by molar-refractivity contribution is 5.91. The first-order valence-electron chi connectivity index (χ1n) is 7.49. The summed E-state index contributed by atoms with van der Waals surface area (Å²) >= 11 is 0. The average Bonchev–Trinajstić information content (AvgIpc) is 2.50. The van der Waals surface area contributed by atoms with Gasteiger partial charge in [-0.05, 0) is 45.0 Å². The molecule has 1 aliphatic heterocycles. The lowest BCUT2D eigenvalue weighted by molar-refractivity contribution is -0.117. The van der Waals surface area contributed by atoms with Gasteiger partial charge in [0.15, 0.2) is 0 Å². The maximum absolute atomic E-state index is 11.9. The summed E-state index contributed by atoms with van der Waals surface area (Å²) in [4.78, 5) is 16.0. The van der Waals surface area contributed by atoms with Crippen molar-refractivity contribution in [1.82, 2.24) is 10.3 Å². The second kappa shape index (κ2) is 8.59. The van der Waals surface area contributed by atoms with Crippen LogP contribution in [-0.2, 0) is 9.53 Å². The quantitative estimate of drug-likeness (QED) is 0.798. The maximum atomic E-state index is 11.9. The van der Waals surface area contributed by atoms with Crippen LogP contribution in [-0.4, -0.2) is 43.3 Å². The van der Waals surface area contributed by atoms with E-state index in [9.17, 15) is 4.79 Å². The molecule has 116 valence electrons. The van der Waals surface area contributed by atoms with Crippen molar-refractivity contribution in [3.05, 3.63) is 18.3 Å². The number of nitrogens with zero attached hydrogens (tertiary/aromatic N) is 1. The molecule has 2 rings (SSSR count). The Morgan fingerprint density at radius 3 is 3.05 bits per heavy atom. The molecule has 21 heavy (non-hydrogen) atoms. The van der Waals surface area contributed by atoms with E-state index < -0.39 is 0 Å². The van der Waals surface area contributed by atoms with Crippen molar-refractivity contribution in [3.8, 4) is 5.88 Å². The number of rotatable bonds is 7. The number of carbonyl (C=O) groups is 1. The van der Waals surface area contributed by atoms with Crippen molar-refractivity contribution in [3.63, 3.8) is 0 Å². The number of hydrogen-bond donors (Lipinski definition) is 2. The van der Waals surface area contributed by atoms with Crippen molar-refractivity contribution in [2.75, 3.05) is 31.6 Å². The van der Waals surface area contributed by atoms with Gasteiger partial charge in [0.2, 0.25) is 11.8 Å². The van der Waals surface area contributed by atoms with Crippen LogP contribution in [0.2, 0.25) is 0 Å². The molecule has 1 aromatic heterocycles. The molecule has 0 unspecified atom stereocenters. The molecule has 6 nitrogen and oxygen atoms in total. The Labute approximate surface area is 125 Å². The molecule has 6 heteroatoms. The first-order chi connectivity index (χ1) is 10.3. The lowest BCUT2D eigenvalue weighted by Gasteiger charge is -2.22. The highest BCUT2D eigenvalue weighted by atomic mass is 16.5. The molecular weight excluding hydrogens is 270 g/mol. The minimum absolute atomic E-state index is 0.0853. The molecular formula is C15H23N3O3. The van der Waals surface area contributed by atoms with E-state index in [4.69, 9.17) is 9.47 Å². The monoisotopic (exact) mass is 293 g/mol. The number of amides is 1. The van der Waals surface area contributed by atoms with Crippen LogP contribution in [0.25, 0.3) is 0 Å². The third-order valence-corrected chi connectivity index (χ3v) is 3.30. The van der Waals surface area contributed by atoms with Gasteiger partial charge < -0.3 is 20.1 Å². The van der Waals surface area contributed by atoms with Crippen molar-refractivity contribution >= 4 is 11.6 Å². The van der Waals surface area contributed by atoms with E-state index >= 15 is 0 Å².